The van der Waals surface area contributed by atoms with Crippen molar-refractivity contribution in [2.45, 2.75) is 32.7 Å². The van der Waals surface area contributed by atoms with Crippen LogP contribution in [0.4, 0.5) is 8.78 Å². The second-order valence-corrected chi connectivity index (χ2v) is 6.88. The number of benzene rings is 1. The molecule has 0 bridgehead atoms. The van der Waals surface area contributed by atoms with E-state index in [1.807, 2.05) is 24.8 Å². The highest BCUT2D eigenvalue weighted by atomic mass is 19.1. The average Bonchev–Trinajstić information content (AvgIpc) is 3.10. The van der Waals surface area contributed by atoms with Gasteiger partial charge in [0.1, 0.15) is 11.6 Å². The zero-order valence-electron chi connectivity index (χ0n) is 15.3. The van der Waals surface area contributed by atoms with E-state index in [0.29, 0.717) is 30.4 Å². The Bertz CT molecular complexity index is 828. The van der Waals surface area contributed by atoms with Gasteiger partial charge in [0.15, 0.2) is 5.82 Å². The maximum absolute atomic E-state index is 13.2. The van der Waals surface area contributed by atoms with Gasteiger partial charge in [0.05, 0.1) is 6.54 Å². The lowest BCUT2D eigenvalue weighted by molar-refractivity contribution is -0.122. The Hall–Kier alpha value is -2.61. The van der Waals surface area contributed by atoms with Crippen LogP contribution >= 0.6 is 0 Å². The summed E-state index contributed by atoms with van der Waals surface area (Å²) in [6.07, 6.45) is 2.72. The van der Waals surface area contributed by atoms with Crippen molar-refractivity contribution in [2.75, 3.05) is 19.6 Å². The lowest BCUT2D eigenvalue weighted by Gasteiger charge is -2.24. The molecule has 27 heavy (non-hydrogen) atoms. The van der Waals surface area contributed by atoms with Crippen LogP contribution in [0, 0.1) is 11.6 Å². The first kappa shape index (κ1) is 19.2. The van der Waals surface area contributed by atoms with Crippen molar-refractivity contribution in [1.82, 2.24) is 20.4 Å². The molecule has 2 heterocycles. The summed E-state index contributed by atoms with van der Waals surface area (Å²) >= 11 is 0. The molecule has 8 heteroatoms. The molecule has 1 N–H and O–H groups in total. The molecule has 1 aromatic carbocycles. The predicted octanol–water partition coefficient (Wildman–Crippen LogP) is 2.88. The molecule has 0 saturated carbocycles. The topological polar surface area (TPSA) is 71.3 Å². The minimum absolute atomic E-state index is 0.0866. The van der Waals surface area contributed by atoms with Crippen LogP contribution in [0.15, 0.2) is 28.8 Å². The fraction of sp³-hybridized carbons (Fsp3) is 0.421. The largest absolute Gasteiger partial charge is 0.351 e. The molecule has 1 amide bonds. The number of nitrogens with zero attached hydrogens (tertiary/aromatic N) is 3. The highest BCUT2D eigenvalue weighted by Gasteiger charge is 2.19. The summed E-state index contributed by atoms with van der Waals surface area (Å²) in [4.78, 5) is 18.5. The number of hydrogen-bond acceptors (Lipinski definition) is 5. The van der Waals surface area contributed by atoms with Crippen molar-refractivity contribution in [3.05, 3.63) is 53.2 Å². The third-order valence-corrected chi connectivity index (χ3v) is 4.30. The van der Waals surface area contributed by atoms with Gasteiger partial charge in [-0.05, 0) is 29.7 Å². The minimum Gasteiger partial charge on any atom is -0.351 e. The minimum atomic E-state index is -0.657. The number of nitrogens with one attached hydrogen (secondary N) is 1. The zero-order valence-corrected chi connectivity index (χ0v) is 15.3. The smallest absolute Gasteiger partial charge is 0.234 e. The molecular weight excluding hydrogens is 354 g/mol. The highest BCUT2D eigenvalue weighted by molar-refractivity contribution is 5.78. The van der Waals surface area contributed by atoms with Crippen molar-refractivity contribution in [2.24, 2.45) is 0 Å². The molecule has 3 rings (SSSR count). The molecule has 0 atom stereocenters. The van der Waals surface area contributed by atoms with Crippen LogP contribution in [0.2, 0.25) is 0 Å². The highest BCUT2D eigenvalue weighted by Crippen LogP contribution is 2.21. The number of carbonyl (C=O) groups excluding carboxylic acids is 1. The summed E-state index contributed by atoms with van der Waals surface area (Å²) < 4.78 is 31.6. The monoisotopic (exact) mass is 376 g/mol. The number of hydrogen-bond donors (Lipinski definition) is 1. The van der Waals surface area contributed by atoms with Crippen LogP contribution in [0.3, 0.4) is 0 Å². The summed E-state index contributed by atoms with van der Waals surface area (Å²) in [6, 6.07) is 3.21. The van der Waals surface area contributed by atoms with E-state index in [1.54, 1.807) is 0 Å². The molecule has 0 unspecified atom stereocenters. The Labute approximate surface area is 156 Å². The second-order valence-electron chi connectivity index (χ2n) is 6.88. The Kier molecular flexibility index (Phi) is 5.95. The van der Waals surface area contributed by atoms with Crippen molar-refractivity contribution < 1.29 is 18.1 Å². The number of amides is 1. The number of rotatable bonds is 6. The van der Waals surface area contributed by atoms with Crippen molar-refractivity contribution >= 4 is 11.5 Å². The second kappa shape index (κ2) is 8.39. The van der Waals surface area contributed by atoms with E-state index in [-0.39, 0.29) is 24.9 Å². The molecule has 0 radical (unpaired) electrons. The van der Waals surface area contributed by atoms with Crippen LogP contribution in [-0.4, -0.2) is 40.6 Å². The standard InChI is InChI=1S/C19H22F2N4O2/c1-12(2)19-23-18(24-27-19)14-3-5-25(6-4-14)11-17(26)22-10-13-7-15(20)9-16(21)8-13/h3,7-9,12H,4-6,10-11H2,1-2H3,(H,22,26). The zero-order chi connectivity index (χ0) is 19.4. The molecule has 6 nitrogen and oxygen atoms in total. The third kappa shape index (κ3) is 5.19. The molecule has 0 aliphatic carbocycles. The first-order chi connectivity index (χ1) is 12.9. The van der Waals surface area contributed by atoms with Gasteiger partial charge >= 0.3 is 0 Å². The first-order valence-electron chi connectivity index (χ1n) is 8.87. The fourth-order valence-electron chi connectivity index (χ4n) is 2.83. The summed E-state index contributed by atoms with van der Waals surface area (Å²) in [5, 5.41) is 6.70. The van der Waals surface area contributed by atoms with E-state index in [1.165, 1.54) is 12.1 Å². The number of halogens is 2. The van der Waals surface area contributed by atoms with Gasteiger partial charge in [-0.25, -0.2) is 8.78 Å². The molecule has 144 valence electrons. The predicted molar refractivity (Wildman–Crippen MR) is 95.6 cm³/mol. The maximum Gasteiger partial charge on any atom is 0.234 e. The lowest BCUT2D eigenvalue weighted by atomic mass is 10.1. The summed E-state index contributed by atoms with van der Waals surface area (Å²) in [5.74, 6) is -0.108. The van der Waals surface area contributed by atoms with E-state index in [9.17, 15) is 13.6 Å². The van der Waals surface area contributed by atoms with Gasteiger partial charge in [-0.15, -0.1) is 0 Å². The van der Waals surface area contributed by atoms with Crippen molar-refractivity contribution in [1.29, 1.82) is 0 Å². The van der Waals surface area contributed by atoms with Gasteiger partial charge in [0, 0.05) is 31.6 Å². The van der Waals surface area contributed by atoms with Crippen LogP contribution < -0.4 is 5.32 Å². The summed E-state index contributed by atoms with van der Waals surface area (Å²) in [5.41, 5.74) is 1.40. The Balaban J connectivity index is 1.49. The van der Waals surface area contributed by atoms with Crippen LogP contribution in [0.5, 0.6) is 0 Å². The van der Waals surface area contributed by atoms with Crippen molar-refractivity contribution in [3.8, 4) is 0 Å². The third-order valence-electron chi connectivity index (χ3n) is 4.30. The summed E-state index contributed by atoms with van der Waals surface area (Å²) in [6.45, 7) is 5.58. The van der Waals surface area contributed by atoms with Gasteiger partial charge in [-0.1, -0.05) is 25.1 Å². The molecule has 0 spiro atoms. The Morgan fingerprint density at radius 3 is 2.63 bits per heavy atom. The molecule has 2 aromatic rings. The quantitative estimate of drug-likeness (QED) is 0.839. The lowest BCUT2D eigenvalue weighted by Crippen LogP contribution is -2.39. The van der Waals surface area contributed by atoms with Crippen molar-refractivity contribution in [3.63, 3.8) is 0 Å². The number of aromatic nitrogens is 2. The summed E-state index contributed by atoms with van der Waals surface area (Å²) in [7, 11) is 0. The molecule has 0 fully saturated rings. The Morgan fingerprint density at radius 2 is 2.04 bits per heavy atom. The van der Waals surface area contributed by atoms with Crippen LogP contribution in [0.1, 0.15) is 43.5 Å². The van der Waals surface area contributed by atoms with E-state index in [2.05, 4.69) is 15.5 Å². The van der Waals surface area contributed by atoms with E-state index < -0.39 is 11.6 Å². The fourth-order valence-corrected chi connectivity index (χ4v) is 2.83. The molecule has 1 aromatic heterocycles. The van der Waals surface area contributed by atoms with Gasteiger partial charge < -0.3 is 9.84 Å². The number of carbonyl (C=O) groups is 1. The average molecular weight is 376 g/mol. The van der Waals surface area contributed by atoms with Gasteiger partial charge in [0.2, 0.25) is 11.8 Å². The van der Waals surface area contributed by atoms with E-state index in [4.69, 9.17) is 4.52 Å². The molecule has 1 aliphatic rings. The van der Waals surface area contributed by atoms with E-state index in [0.717, 1.165) is 18.1 Å². The molecular formula is C19H22F2N4O2. The van der Waals surface area contributed by atoms with E-state index >= 15 is 0 Å². The molecule has 1 aliphatic heterocycles. The SMILES string of the molecule is CC(C)c1nc(C2=CCN(CC(=O)NCc3cc(F)cc(F)c3)CC2)no1. The maximum atomic E-state index is 13.2. The first-order valence-corrected chi connectivity index (χ1v) is 8.87. The van der Waals surface area contributed by atoms with Gasteiger partial charge in [-0.2, -0.15) is 4.98 Å². The van der Waals surface area contributed by atoms with Crippen LogP contribution in [0.25, 0.3) is 5.57 Å². The normalized spacial score (nSPS) is 15.1. The Morgan fingerprint density at radius 1 is 1.30 bits per heavy atom. The van der Waals surface area contributed by atoms with Gasteiger partial charge in [-0.3, -0.25) is 9.69 Å². The van der Waals surface area contributed by atoms with Gasteiger partial charge in [0.25, 0.3) is 0 Å². The van der Waals surface area contributed by atoms with Crippen LogP contribution in [-0.2, 0) is 11.3 Å². The molecule has 0 saturated heterocycles.